The molecule has 2 aromatic heterocycles. The second-order valence-corrected chi connectivity index (χ2v) is 8.80. The van der Waals surface area contributed by atoms with E-state index in [4.69, 9.17) is 4.98 Å². The molecule has 0 N–H and O–H groups in total. The number of rotatable bonds is 4. The molecule has 0 spiro atoms. The minimum Gasteiger partial charge on any atom is -0.237 e. The maximum atomic E-state index is 4.93. The molecule has 0 saturated heterocycles. The van der Waals surface area contributed by atoms with Crippen LogP contribution in [0.3, 0.4) is 0 Å². The summed E-state index contributed by atoms with van der Waals surface area (Å²) in [6, 6.07) is 24.0. The van der Waals surface area contributed by atoms with Gasteiger partial charge in [0.1, 0.15) is 4.83 Å². The molecule has 136 valence electrons. The van der Waals surface area contributed by atoms with E-state index >= 15 is 0 Å². The first-order chi connectivity index (χ1) is 13.0. The molecule has 27 heavy (non-hydrogen) atoms. The van der Waals surface area contributed by atoms with Crippen LogP contribution in [-0.4, -0.2) is 4.98 Å². The highest BCUT2D eigenvalue weighted by Gasteiger charge is 2.12. The van der Waals surface area contributed by atoms with Crippen LogP contribution in [-0.2, 0) is 0 Å². The lowest BCUT2D eigenvalue weighted by molar-refractivity contribution is 0.835. The molecule has 4 aromatic rings. The Hall–Kier alpha value is -2.45. The molecule has 0 amide bonds. The molecular formula is C25H25NS. The number of fused-ring (bicyclic) bond motifs is 1. The quantitative estimate of drug-likeness (QED) is 0.355. The zero-order chi connectivity index (χ0) is 19.0. The summed E-state index contributed by atoms with van der Waals surface area (Å²) in [7, 11) is 0. The Morgan fingerprint density at radius 2 is 1.37 bits per heavy atom. The molecule has 0 fully saturated rings. The zero-order valence-corrected chi connectivity index (χ0v) is 17.2. The Labute approximate surface area is 165 Å². The molecule has 2 heteroatoms. The van der Waals surface area contributed by atoms with E-state index in [9.17, 15) is 0 Å². The molecule has 0 unspecified atom stereocenters. The number of pyridine rings is 1. The van der Waals surface area contributed by atoms with Crippen LogP contribution in [0.25, 0.3) is 31.9 Å². The highest BCUT2D eigenvalue weighted by molar-refractivity contribution is 7.21. The predicted octanol–water partition coefficient (Wildman–Crippen LogP) is 7.88. The lowest BCUT2D eigenvalue weighted by Crippen LogP contribution is -1.94. The van der Waals surface area contributed by atoms with Gasteiger partial charge in [-0.1, -0.05) is 76.2 Å². The topological polar surface area (TPSA) is 12.9 Å². The van der Waals surface area contributed by atoms with Crippen molar-refractivity contribution in [3.63, 3.8) is 0 Å². The average Bonchev–Trinajstić information content (AvgIpc) is 3.11. The van der Waals surface area contributed by atoms with Crippen molar-refractivity contribution in [2.24, 2.45) is 0 Å². The Bertz CT molecular complexity index is 1050. The molecule has 1 nitrogen and oxygen atoms in total. The molecule has 2 aromatic carbocycles. The number of nitrogens with zero attached hydrogens (tertiary/aromatic N) is 1. The number of hydrogen-bond donors (Lipinski definition) is 0. The van der Waals surface area contributed by atoms with E-state index < -0.39 is 0 Å². The van der Waals surface area contributed by atoms with Gasteiger partial charge in [-0.15, -0.1) is 11.3 Å². The summed E-state index contributed by atoms with van der Waals surface area (Å²) in [5, 5.41) is 1.22. The lowest BCUT2D eigenvalue weighted by Gasteiger charge is -2.13. The Balaban J connectivity index is 1.80. The molecule has 0 aliphatic rings. The van der Waals surface area contributed by atoms with Gasteiger partial charge in [0, 0.05) is 15.8 Å². The van der Waals surface area contributed by atoms with Gasteiger partial charge in [-0.3, -0.25) is 0 Å². The van der Waals surface area contributed by atoms with Crippen molar-refractivity contribution >= 4 is 21.6 Å². The van der Waals surface area contributed by atoms with E-state index in [2.05, 4.69) is 88.4 Å². The van der Waals surface area contributed by atoms with Gasteiger partial charge in [0.2, 0.25) is 0 Å². The van der Waals surface area contributed by atoms with E-state index in [-0.39, 0.29) is 0 Å². The summed E-state index contributed by atoms with van der Waals surface area (Å²) < 4.78 is 0. The Kier molecular flexibility index (Phi) is 4.84. The molecule has 0 aliphatic carbocycles. The summed E-state index contributed by atoms with van der Waals surface area (Å²) >= 11 is 1.79. The zero-order valence-electron chi connectivity index (χ0n) is 16.4. The monoisotopic (exact) mass is 371 g/mol. The molecular weight excluding hydrogens is 346 g/mol. The van der Waals surface area contributed by atoms with Crippen molar-refractivity contribution in [3.05, 3.63) is 77.9 Å². The third-order valence-corrected chi connectivity index (χ3v) is 6.14. The van der Waals surface area contributed by atoms with E-state index in [0.29, 0.717) is 11.8 Å². The minimum absolute atomic E-state index is 0.527. The fraction of sp³-hybridized carbons (Fsp3) is 0.240. The molecule has 4 rings (SSSR count). The predicted molar refractivity (Wildman–Crippen MR) is 119 cm³/mol. The molecule has 0 bridgehead atoms. The summed E-state index contributed by atoms with van der Waals surface area (Å²) in [6.07, 6.45) is 0. The van der Waals surface area contributed by atoms with Crippen molar-refractivity contribution in [2.45, 2.75) is 39.5 Å². The molecule has 0 radical (unpaired) electrons. The first-order valence-electron chi connectivity index (χ1n) is 9.62. The highest BCUT2D eigenvalue weighted by atomic mass is 32.1. The number of benzene rings is 2. The molecule has 0 saturated carbocycles. The van der Waals surface area contributed by atoms with E-state index in [0.717, 1.165) is 10.5 Å². The SMILES string of the molecule is CC(C)c1cc(-c2cc3ccc(-c4ccccc4)nc3s2)cc(C(C)C)c1. The van der Waals surface area contributed by atoms with Gasteiger partial charge >= 0.3 is 0 Å². The maximum absolute atomic E-state index is 4.93. The van der Waals surface area contributed by atoms with Gasteiger partial charge in [-0.25, -0.2) is 4.98 Å². The minimum atomic E-state index is 0.527. The highest BCUT2D eigenvalue weighted by Crippen LogP contribution is 2.36. The van der Waals surface area contributed by atoms with Crippen molar-refractivity contribution in [1.29, 1.82) is 0 Å². The van der Waals surface area contributed by atoms with E-state index in [1.807, 2.05) is 6.07 Å². The van der Waals surface area contributed by atoms with Crippen LogP contribution in [0.15, 0.2) is 66.7 Å². The fourth-order valence-corrected chi connectivity index (χ4v) is 4.33. The summed E-state index contributed by atoms with van der Waals surface area (Å²) in [5.74, 6) is 1.05. The molecule has 0 aliphatic heterocycles. The first kappa shape index (κ1) is 17.9. The molecule has 2 heterocycles. The second kappa shape index (κ2) is 7.28. The number of thiophene rings is 1. The lowest BCUT2D eigenvalue weighted by atomic mass is 9.93. The number of hydrogen-bond acceptors (Lipinski definition) is 2. The van der Waals surface area contributed by atoms with Gasteiger partial charge in [0.05, 0.1) is 5.69 Å². The van der Waals surface area contributed by atoms with Crippen LogP contribution in [0.1, 0.15) is 50.7 Å². The van der Waals surface area contributed by atoms with Crippen molar-refractivity contribution in [3.8, 4) is 21.7 Å². The third-order valence-electron chi connectivity index (χ3n) is 5.05. The first-order valence-corrected chi connectivity index (χ1v) is 10.4. The van der Waals surface area contributed by atoms with Crippen LogP contribution >= 0.6 is 11.3 Å². The maximum Gasteiger partial charge on any atom is 0.124 e. The van der Waals surface area contributed by atoms with Gasteiger partial charge < -0.3 is 0 Å². The standard InChI is InChI=1S/C25H25NS/c1-16(2)20-12-21(17(3)4)14-22(13-20)24-15-19-10-11-23(26-25(19)27-24)18-8-6-5-7-9-18/h5-17H,1-4H3. The molecule has 0 atom stereocenters. The van der Waals surface area contributed by atoms with Gasteiger partial charge in [0.15, 0.2) is 0 Å². The van der Waals surface area contributed by atoms with Gasteiger partial charge in [-0.2, -0.15) is 0 Å². The Morgan fingerprint density at radius 3 is 2.00 bits per heavy atom. The van der Waals surface area contributed by atoms with Gasteiger partial charge in [-0.05, 0) is 46.7 Å². The van der Waals surface area contributed by atoms with Crippen LogP contribution < -0.4 is 0 Å². The van der Waals surface area contributed by atoms with E-state index in [1.165, 1.54) is 32.5 Å². The second-order valence-electron chi connectivity index (χ2n) is 7.77. The smallest absolute Gasteiger partial charge is 0.124 e. The largest absolute Gasteiger partial charge is 0.237 e. The van der Waals surface area contributed by atoms with Crippen LogP contribution in [0, 0.1) is 0 Å². The normalized spacial score (nSPS) is 11.6. The number of aromatic nitrogens is 1. The van der Waals surface area contributed by atoms with Crippen molar-refractivity contribution in [2.75, 3.05) is 0 Å². The van der Waals surface area contributed by atoms with Crippen LogP contribution in [0.5, 0.6) is 0 Å². The average molecular weight is 372 g/mol. The Morgan fingerprint density at radius 1 is 0.704 bits per heavy atom. The summed E-state index contributed by atoms with van der Waals surface area (Å²) in [6.45, 7) is 9.06. The van der Waals surface area contributed by atoms with Gasteiger partial charge in [0.25, 0.3) is 0 Å². The summed E-state index contributed by atoms with van der Waals surface area (Å²) in [4.78, 5) is 7.33. The van der Waals surface area contributed by atoms with Crippen molar-refractivity contribution in [1.82, 2.24) is 4.98 Å². The third kappa shape index (κ3) is 3.68. The van der Waals surface area contributed by atoms with E-state index in [1.54, 1.807) is 11.3 Å². The van der Waals surface area contributed by atoms with Crippen LogP contribution in [0.2, 0.25) is 0 Å². The van der Waals surface area contributed by atoms with Crippen LogP contribution in [0.4, 0.5) is 0 Å². The van der Waals surface area contributed by atoms with Crippen molar-refractivity contribution < 1.29 is 0 Å². The fourth-order valence-electron chi connectivity index (χ4n) is 3.32. The summed E-state index contributed by atoms with van der Waals surface area (Å²) in [5.41, 5.74) is 6.33.